The Morgan fingerprint density at radius 2 is 2.10 bits per heavy atom. The van der Waals surface area contributed by atoms with Gasteiger partial charge in [0.15, 0.2) is 0 Å². The SMILES string of the molecule is CCCCN1CCC(Oc2ccc(C(=O)O)c(C)c2)CC1. The summed E-state index contributed by atoms with van der Waals surface area (Å²) in [6, 6.07) is 5.22. The fourth-order valence-corrected chi connectivity index (χ4v) is 2.77. The van der Waals surface area contributed by atoms with E-state index < -0.39 is 5.97 Å². The molecule has 0 bridgehead atoms. The Kier molecular flexibility index (Phi) is 5.62. The number of carboxylic acids is 1. The summed E-state index contributed by atoms with van der Waals surface area (Å²) in [4.78, 5) is 13.5. The number of rotatable bonds is 6. The molecule has 1 N–H and O–H groups in total. The predicted molar refractivity (Wildman–Crippen MR) is 83.1 cm³/mol. The Hall–Kier alpha value is -1.55. The van der Waals surface area contributed by atoms with Crippen molar-refractivity contribution in [1.29, 1.82) is 0 Å². The van der Waals surface area contributed by atoms with Gasteiger partial charge in [0.1, 0.15) is 11.9 Å². The van der Waals surface area contributed by atoms with Gasteiger partial charge in [-0.2, -0.15) is 0 Å². The van der Waals surface area contributed by atoms with E-state index in [2.05, 4.69) is 11.8 Å². The van der Waals surface area contributed by atoms with Crippen molar-refractivity contribution in [2.75, 3.05) is 19.6 Å². The molecule has 0 unspecified atom stereocenters. The van der Waals surface area contributed by atoms with Crippen LogP contribution in [0.4, 0.5) is 0 Å². The Morgan fingerprint density at radius 3 is 2.67 bits per heavy atom. The van der Waals surface area contributed by atoms with Crippen LogP contribution in [0.2, 0.25) is 0 Å². The second-order valence-electron chi connectivity index (χ2n) is 5.79. The van der Waals surface area contributed by atoms with E-state index in [-0.39, 0.29) is 6.10 Å². The van der Waals surface area contributed by atoms with Gasteiger partial charge in [0.2, 0.25) is 0 Å². The van der Waals surface area contributed by atoms with Gasteiger partial charge in [0.05, 0.1) is 5.56 Å². The highest BCUT2D eigenvalue weighted by molar-refractivity contribution is 5.89. The maximum absolute atomic E-state index is 11.0. The molecule has 1 aliphatic rings. The Labute approximate surface area is 126 Å². The number of aryl methyl sites for hydroxylation is 1. The minimum atomic E-state index is -0.886. The molecule has 116 valence electrons. The highest BCUT2D eigenvalue weighted by Gasteiger charge is 2.20. The van der Waals surface area contributed by atoms with Crippen LogP contribution in [0, 0.1) is 6.92 Å². The van der Waals surface area contributed by atoms with Crippen molar-refractivity contribution in [1.82, 2.24) is 4.90 Å². The molecule has 0 atom stereocenters. The lowest BCUT2D eigenvalue weighted by atomic mass is 10.1. The third-order valence-corrected chi connectivity index (χ3v) is 4.09. The number of ether oxygens (including phenoxy) is 1. The highest BCUT2D eigenvalue weighted by atomic mass is 16.5. The summed E-state index contributed by atoms with van der Waals surface area (Å²) in [7, 11) is 0. The maximum Gasteiger partial charge on any atom is 0.335 e. The second-order valence-corrected chi connectivity index (χ2v) is 5.79. The van der Waals surface area contributed by atoms with E-state index in [1.54, 1.807) is 12.1 Å². The fourth-order valence-electron chi connectivity index (χ4n) is 2.77. The van der Waals surface area contributed by atoms with Gasteiger partial charge in [-0.25, -0.2) is 4.79 Å². The number of benzene rings is 1. The summed E-state index contributed by atoms with van der Waals surface area (Å²) in [6.07, 6.45) is 4.85. The molecule has 0 spiro atoms. The predicted octanol–water partition coefficient (Wildman–Crippen LogP) is 3.34. The molecule has 1 heterocycles. The van der Waals surface area contributed by atoms with Crippen molar-refractivity contribution in [3.05, 3.63) is 29.3 Å². The van der Waals surface area contributed by atoms with Crippen molar-refractivity contribution in [3.63, 3.8) is 0 Å². The Bertz CT molecular complexity index is 479. The normalized spacial score (nSPS) is 16.9. The molecule has 1 saturated heterocycles. The van der Waals surface area contributed by atoms with Crippen molar-refractivity contribution in [2.45, 2.75) is 45.6 Å². The minimum Gasteiger partial charge on any atom is -0.490 e. The van der Waals surface area contributed by atoms with Gasteiger partial charge in [-0.05, 0) is 56.5 Å². The Morgan fingerprint density at radius 1 is 1.38 bits per heavy atom. The summed E-state index contributed by atoms with van der Waals surface area (Å²) in [5.74, 6) is -0.104. The molecule has 2 rings (SSSR count). The zero-order valence-corrected chi connectivity index (χ0v) is 13.0. The van der Waals surface area contributed by atoms with Crippen LogP contribution in [-0.4, -0.2) is 41.7 Å². The summed E-state index contributed by atoms with van der Waals surface area (Å²) < 4.78 is 6.00. The van der Waals surface area contributed by atoms with Crippen LogP contribution in [0.15, 0.2) is 18.2 Å². The zero-order valence-electron chi connectivity index (χ0n) is 13.0. The molecule has 1 fully saturated rings. The largest absolute Gasteiger partial charge is 0.490 e. The third kappa shape index (κ3) is 4.46. The topological polar surface area (TPSA) is 49.8 Å². The molecule has 0 radical (unpaired) electrons. The monoisotopic (exact) mass is 291 g/mol. The van der Waals surface area contributed by atoms with Gasteiger partial charge < -0.3 is 14.7 Å². The van der Waals surface area contributed by atoms with E-state index >= 15 is 0 Å². The number of aromatic carboxylic acids is 1. The number of piperidine rings is 1. The van der Waals surface area contributed by atoms with E-state index in [9.17, 15) is 4.79 Å². The van der Waals surface area contributed by atoms with E-state index in [0.717, 1.165) is 37.2 Å². The minimum absolute atomic E-state index is 0.248. The lowest BCUT2D eigenvalue weighted by Gasteiger charge is -2.32. The van der Waals surface area contributed by atoms with Crippen molar-refractivity contribution < 1.29 is 14.6 Å². The first kappa shape index (κ1) is 15.8. The molecule has 1 aromatic carbocycles. The molecule has 4 heteroatoms. The molecule has 4 nitrogen and oxygen atoms in total. The van der Waals surface area contributed by atoms with E-state index in [1.807, 2.05) is 13.0 Å². The smallest absolute Gasteiger partial charge is 0.335 e. The molecule has 0 aromatic heterocycles. The quantitative estimate of drug-likeness (QED) is 0.873. The highest BCUT2D eigenvalue weighted by Crippen LogP contribution is 2.22. The van der Waals surface area contributed by atoms with Gasteiger partial charge in [0.25, 0.3) is 0 Å². The first-order valence-corrected chi connectivity index (χ1v) is 7.83. The number of hydrogen-bond donors (Lipinski definition) is 1. The number of likely N-dealkylation sites (tertiary alicyclic amines) is 1. The van der Waals surface area contributed by atoms with Gasteiger partial charge in [-0.3, -0.25) is 0 Å². The average molecular weight is 291 g/mol. The number of hydrogen-bond acceptors (Lipinski definition) is 3. The zero-order chi connectivity index (χ0) is 15.2. The molecule has 0 amide bonds. The van der Waals surface area contributed by atoms with E-state index in [4.69, 9.17) is 9.84 Å². The summed E-state index contributed by atoms with van der Waals surface area (Å²) in [6.45, 7) is 7.41. The molecule has 1 aliphatic heterocycles. The van der Waals surface area contributed by atoms with Gasteiger partial charge >= 0.3 is 5.97 Å². The summed E-state index contributed by atoms with van der Waals surface area (Å²) in [5.41, 5.74) is 1.09. The number of carboxylic acid groups (broad SMARTS) is 1. The molecular weight excluding hydrogens is 266 g/mol. The lowest BCUT2D eigenvalue weighted by Crippen LogP contribution is -2.38. The number of unbranched alkanes of at least 4 members (excludes halogenated alkanes) is 1. The molecule has 0 aliphatic carbocycles. The van der Waals surface area contributed by atoms with Crippen LogP contribution in [0.1, 0.15) is 48.5 Å². The van der Waals surface area contributed by atoms with Crippen LogP contribution in [0.25, 0.3) is 0 Å². The fraction of sp³-hybridized carbons (Fsp3) is 0.588. The van der Waals surface area contributed by atoms with Crippen molar-refractivity contribution in [3.8, 4) is 5.75 Å². The van der Waals surface area contributed by atoms with Crippen molar-refractivity contribution in [2.24, 2.45) is 0 Å². The maximum atomic E-state index is 11.0. The number of nitrogens with zero attached hydrogens (tertiary/aromatic N) is 1. The summed E-state index contributed by atoms with van der Waals surface area (Å²) in [5, 5.41) is 9.03. The van der Waals surface area contributed by atoms with Gasteiger partial charge in [0, 0.05) is 13.1 Å². The van der Waals surface area contributed by atoms with E-state index in [1.165, 1.54) is 19.4 Å². The molecule has 1 aromatic rings. The Balaban J connectivity index is 1.86. The summed E-state index contributed by atoms with van der Waals surface area (Å²) >= 11 is 0. The standard InChI is InChI=1S/C17H25NO3/c1-3-4-9-18-10-7-14(8-11-18)21-15-5-6-16(17(19)20)13(2)12-15/h5-6,12,14H,3-4,7-11H2,1-2H3,(H,19,20). The molecule has 0 saturated carbocycles. The van der Waals surface area contributed by atoms with Crippen LogP contribution >= 0.6 is 0 Å². The second kappa shape index (κ2) is 7.46. The average Bonchev–Trinajstić information content (AvgIpc) is 2.46. The van der Waals surface area contributed by atoms with Crippen LogP contribution in [-0.2, 0) is 0 Å². The van der Waals surface area contributed by atoms with Crippen LogP contribution in [0.5, 0.6) is 5.75 Å². The van der Waals surface area contributed by atoms with Crippen molar-refractivity contribution >= 4 is 5.97 Å². The number of carbonyl (C=O) groups is 1. The third-order valence-electron chi connectivity index (χ3n) is 4.09. The van der Waals surface area contributed by atoms with E-state index in [0.29, 0.717) is 5.56 Å². The van der Waals surface area contributed by atoms with Crippen LogP contribution in [0.3, 0.4) is 0 Å². The molecular formula is C17H25NO3. The van der Waals surface area contributed by atoms with Gasteiger partial charge in [-0.15, -0.1) is 0 Å². The lowest BCUT2D eigenvalue weighted by molar-refractivity contribution is 0.0696. The molecule has 21 heavy (non-hydrogen) atoms. The first-order valence-electron chi connectivity index (χ1n) is 7.83. The van der Waals surface area contributed by atoms with Crippen LogP contribution < -0.4 is 4.74 Å². The van der Waals surface area contributed by atoms with Gasteiger partial charge in [-0.1, -0.05) is 13.3 Å². The first-order chi connectivity index (χ1) is 10.1.